The molecule has 1 aromatic heterocycles. The third kappa shape index (κ3) is 8.66. The molecule has 210 valence electrons. The van der Waals surface area contributed by atoms with Crippen molar-refractivity contribution < 1.29 is 22.7 Å². The molecule has 1 atom stereocenters. The van der Waals surface area contributed by atoms with E-state index in [4.69, 9.17) is 4.74 Å². The Kier molecular flexibility index (Phi) is 9.95. The highest BCUT2D eigenvalue weighted by molar-refractivity contribution is 7.09. The monoisotopic (exact) mass is 567 g/mol. The molecular weight excluding hydrogens is 535 g/mol. The normalized spacial score (nSPS) is 12.3. The molecular formula is C31H32F3N3O2S. The second-order valence-electron chi connectivity index (χ2n) is 9.67. The maximum absolute atomic E-state index is 13.3. The van der Waals surface area contributed by atoms with E-state index in [0.717, 1.165) is 29.4 Å². The van der Waals surface area contributed by atoms with E-state index in [9.17, 15) is 18.0 Å². The molecule has 1 unspecified atom stereocenters. The first-order chi connectivity index (χ1) is 19.2. The molecule has 0 saturated carbocycles. The third-order valence-corrected chi connectivity index (χ3v) is 7.21. The van der Waals surface area contributed by atoms with Crippen LogP contribution >= 0.6 is 11.3 Å². The van der Waals surface area contributed by atoms with Gasteiger partial charge in [-0.25, -0.2) is 4.98 Å². The summed E-state index contributed by atoms with van der Waals surface area (Å²) in [5.41, 5.74) is 2.26. The Morgan fingerprint density at radius 2 is 1.65 bits per heavy atom. The number of rotatable bonds is 12. The molecule has 40 heavy (non-hydrogen) atoms. The Bertz CT molecular complexity index is 1370. The molecule has 1 amide bonds. The van der Waals surface area contributed by atoms with Gasteiger partial charge in [0.15, 0.2) is 0 Å². The molecule has 0 aliphatic rings. The molecule has 4 rings (SSSR count). The zero-order chi connectivity index (χ0) is 28.5. The number of aromatic nitrogens is 1. The number of carbonyl (C=O) groups is 1. The van der Waals surface area contributed by atoms with Gasteiger partial charge in [-0.1, -0.05) is 67.6 Å². The molecule has 3 aromatic carbocycles. The number of nitrogens with one attached hydrogen (secondary N) is 1. The largest absolute Gasteiger partial charge is 0.489 e. The summed E-state index contributed by atoms with van der Waals surface area (Å²) < 4.78 is 45.9. The molecule has 1 heterocycles. The van der Waals surface area contributed by atoms with E-state index in [1.165, 1.54) is 23.5 Å². The van der Waals surface area contributed by atoms with Crippen LogP contribution in [-0.2, 0) is 32.4 Å². The molecule has 5 nitrogen and oxygen atoms in total. The van der Waals surface area contributed by atoms with Crippen molar-refractivity contribution in [1.29, 1.82) is 0 Å². The summed E-state index contributed by atoms with van der Waals surface area (Å²) in [6.07, 6.45) is -3.60. The van der Waals surface area contributed by atoms with E-state index in [0.29, 0.717) is 36.0 Å². The predicted octanol–water partition coefficient (Wildman–Crippen LogP) is 7.47. The Morgan fingerprint density at radius 1 is 0.950 bits per heavy atom. The van der Waals surface area contributed by atoms with Crippen molar-refractivity contribution in [1.82, 2.24) is 15.2 Å². The van der Waals surface area contributed by atoms with Gasteiger partial charge in [0, 0.05) is 24.5 Å². The van der Waals surface area contributed by atoms with E-state index in [1.54, 1.807) is 11.4 Å². The first-order valence-electron chi connectivity index (χ1n) is 13.1. The summed E-state index contributed by atoms with van der Waals surface area (Å²) >= 11 is 1.36. The van der Waals surface area contributed by atoms with Crippen LogP contribution < -0.4 is 10.1 Å². The number of carbonyl (C=O) groups excluding carboxylic acids is 1. The van der Waals surface area contributed by atoms with Gasteiger partial charge in [-0.2, -0.15) is 13.2 Å². The van der Waals surface area contributed by atoms with Crippen molar-refractivity contribution >= 4 is 17.2 Å². The van der Waals surface area contributed by atoms with Gasteiger partial charge in [0.2, 0.25) is 0 Å². The number of halogens is 3. The van der Waals surface area contributed by atoms with Crippen molar-refractivity contribution in [2.45, 2.75) is 58.7 Å². The first kappa shape index (κ1) is 29.3. The highest BCUT2D eigenvalue weighted by Crippen LogP contribution is 2.30. The van der Waals surface area contributed by atoms with Crippen molar-refractivity contribution in [3.63, 3.8) is 0 Å². The molecule has 0 fully saturated rings. The SMILES string of the molecule is CCC(C)NC(=O)c1csc(CN(Cc2ccc(OCc3ccccc3)cc2)Cc2cccc(C(F)(F)F)c2)n1. The highest BCUT2D eigenvalue weighted by atomic mass is 32.1. The van der Waals surface area contributed by atoms with E-state index in [2.05, 4.69) is 10.3 Å². The van der Waals surface area contributed by atoms with Crippen LogP contribution in [0.5, 0.6) is 5.75 Å². The predicted molar refractivity (Wildman–Crippen MR) is 151 cm³/mol. The van der Waals surface area contributed by atoms with Gasteiger partial charge in [-0.15, -0.1) is 11.3 Å². The van der Waals surface area contributed by atoms with Gasteiger partial charge in [-0.3, -0.25) is 9.69 Å². The number of hydrogen-bond acceptors (Lipinski definition) is 5. The summed E-state index contributed by atoms with van der Waals surface area (Å²) in [5.74, 6) is 0.501. The number of hydrogen-bond donors (Lipinski definition) is 1. The average Bonchev–Trinajstić information content (AvgIpc) is 3.41. The number of benzene rings is 3. The van der Waals surface area contributed by atoms with Gasteiger partial charge in [0.1, 0.15) is 23.1 Å². The minimum absolute atomic E-state index is 0.0368. The molecule has 0 aliphatic heterocycles. The van der Waals surface area contributed by atoms with Crippen LogP contribution in [0.2, 0.25) is 0 Å². The van der Waals surface area contributed by atoms with Gasteiger partial charge in [0.05, 0.1) is 12.1 Å². The second-order valence-corrected chi connectivity index (χ2v) is 10.6. The number of alkyl halides is 3. The summed E-state index contributed by atoms with van der Waals surface area (Å²) in [4.78, 5) is 19.0. The van der Waals surface area contributed by atoms with Crippen LogP contribution in [0.4, 0.5) is 13.2 Å². The number of ether oxygens (including phenoxy) is 1. The highest BCUT2D eigenvalue weighted by Gasteiger charge is 2.30. The summed E-state index contributed by atoms with van der Waals surface area (Å²) in [6.45, 7) is 5.51. The fourth-order valence-electron chi connectivity index (χ4n) is 4.04. The Balaban J connectivity index is 1.48. The molecule has 0 saturated heterocycles. The lowest BCUT2D eigenvalue weighted by Crippen LogP contribution is -2.32. The fraction of sp³-hybridized carbons (Fsp3) is 0.290. The number of nitrogens with zero attached hydrogens (tertiary/aromatic N) is 2. The quantitative estimate of drug-likeness (QED) is 0.193. The van der Waals surface area contributed by atoms with Gasteiger partial charge < -0.3 is 10.1 Å². The topological polar surface area (TPSA) is 54.5 Å². The lowest BCUT2D eigenvalue weighted by atomic mass is 10.1. The van der Waals surface area contributed by atoms with Crippen LogP contribution in [0.25, 0.3) is 0 Å². The Hall–Kier alpha value is -3.69. The van der Waals surface area contributed by atoms with Gasteiger partial charge >= 0.3 is 6.18 Å². The van der Waals surface area contributed by atoms with E-state index < -0.39 is 11.7 Å². The fourth-order valence-corrected chi connectivity index (χ4v) is 4.86. The maximum atomic E-state index is 13.3. The lowest BCUT2D eigenvalue weighted by Gasteiger charge is -2.22. The van der Waals surface area contributed by atoms with Crippen LogP contribution in [0.1, 0.15) is 58.0 Å². The summed E-state index contributed by atoms with van der Waals surface area (Å²) in [7, 11) is 0. The maximum Gasteiger partial charge on any atom is 0.416 e. The third-order valence-electron chi connectivity index (χ3n) is 6.37. The molecule has 0 aliphatic carbocycles. The standard InChI is InChI=1S/C31H32F3N3O2S/c1-3-22(2)35-30(38)28-21-40-29(36-28)19-37(18-25-10-7-11-26(16-25)31(32,33)34)17-23-12-14-27(15-13-23)39-20-24-8-5-4-6-9-24/h4-16,21-22H,3,17-20H2,1-2H3,(H,35,38). The Labute approximate surface area is 236 Å². The van der Waals surface area contributed by atoms with Gasteiger partial charge in [0.25, 0.3) is 5.91 Å². The van der Waals surface area contributed by atoms with Crippen LogP contribution in [0.15, 0.2) is 84.2 Å². The van der Waals surface area contributed by atoms with Crippen molar-refractivity contribution in [2.24, 2.45) is 0 Å². The number of amides is 1. The smallest absolute Gasteiger partial charge is 0.416 e. The van der Waals surface area contributed by atoms with Crippen LogP contribution in [-0.4, -0.2) is 21.8 Å². The zero-order valence-electron chi connectivity index (χ0n) is 22.4. The Morgan fingerprint density at radius 3 is 2.35 bits per heavy atom. The minimum atomic E-state index is -4.41. The molecule has 0 spiro atoms. The van der Waals surface area contributed by atoms with E-state index in [-0.39, 0.29) is 18.5 Å². The average molecular weight is 568 g/mol. The molecule has 1 N–H and O–H groups in total. The van der Waals surface area contributed by atoms with Gasteiger partial charge in [-0.05, 0) is 48.2 Å². The minimum Gasteiger partial charge on any atom is -0.489 e. The van der Waals surface area contributed by atoms with Crippen LogP contribution in [0.3, 0.4) is 0 Å². The number of thiazole rings is 1. The van der Waals surface area contributed by atoms with Crippen molar-refractivity contribution in [2.75, 3.05) is 0 Å². The van der Waals surface area contributed by atoms with E-state index >= 15 is 0 Å². The van der Waals surface area contributed by atoms with E-state index in [1.807, 2.05) is 73.3 Å². The van der Waals surface area contributed by atoms with Crippen LogP contribution in [0, 0.1) is 0 Å². The molecule has 0 bridgehead atoms. The van der Waals surface area contributed by atoms with Crippen molar-refractivity contribution in [3.8, 4) is 5.75 Å². The summed E-state index contributed by atoms with van der Waals surface area (Å²) in [6, 6.07) is 23.0. The molecule has 4 aromatic rings. The van der Waals surface area contributed by atoms with Crippen molar-refractivity contribution in [3.05, 3.63) is 117 Å². The first-order valence-corrected chi connectivity index (χ1v) is 14.0. The lowest BCUT2D eigenvalue weighted by molar-refractivity contribution is -0.137. The second kappa shape index (κ2) is 13.6. The molecule has 9 heteroatoms. The summed E-state index contributed by atoms with van der Waals surface area (Å²) in [5, 5.41) is 5.34. The zero-order valence-corrected chi connectivity index (χ0v) is 23.3. The molecule has 0 radical (unpaired) electrons.